The van der Waals surface area contributed by atoms with E-state index in [4.69, 9.17) is 9.84 Å². The summed E-state index contributed by atoms with van der Waals surface area (Å²) in [6, 6.07) is 0. The van der Waals surface area contributed by atoms with Gasteiger partial charge in [-0.05, 0) is 22.6 Å². The second kappa shape index (κ2) is 4.83. The minimum atomic E-state index is -2.66. The summed E-state index contributed by atoms with van der Waals surface area (Å²) in [6.45, 7) is -0.485. The van der Waals surface area contributed by atoms with Crippen molar-refractivity contribution in [1.82, 2.24) is 4.98 Å². The van der Waals surface area contributed by atoms with Crippen LogP contribution >= 0.6 is 22.6 Å². The predicted molar refractivity (Wildman–Crippen MR) is 54.4 cm³/mol. The highest BCUT2D eigenvalue weighted by Gasteiger charge is 2.19. The summed E-state index contributed by atoms with van der Waals surface area (Å²) in [7, 11) is 1.35. The molecule has 1 N–H and O–H groups in total. The molecule has 0 saturated heterocycles. The molecule has 0 aliphatic carbocycles. The number of alkyl halides is 2. The van der Waals surface area contributed by atoms with E-state index in [2.05, 4.69) is 4.98 Å². The van der Waals surface area contributed by atoms with E-state index in [1.807, 2.05) is 22.6 Å². The topological polar surface area (TPSA) is 42.4 Å². The molecule has 3 nitrogen and oxygen atoms in total. The van der Waals surface area contributed by atoms with E-state index in [0.29, 0.717) is 3.70 Å². The average molecular weight is 315 g/mol. The molecule has 0 spiro atoms. The van der Waals surface area contributed by atoms with E-state index in [1.54, 1.807) is 0 Å². The van der Waals surface area contributed by atoms with Gasteiger partial charge in [0.15, 0.2) is 5.75 Å². The van der Waals surface area contributed by atoms with Crippen molar-refractivity contribution in [2.24, 2.45) is 0 Å². The second-order valence-corrected chi connectivity index (χ2v) is 3.50. The zero-order valence-corrected chi connectivity index (χ0v) is 9.46. The first-order valence-corrected chi connectivity index (χ1v) is 4.80. The van der Waals surface area contributed by atoms with E-state index in [0.717, 1.165) is 6.20 Å². The Hall–Kier alpha value is -0.500. The van der Waals surface area contributed by atoms with E-state index in [-0.39, 0.29) is 16.9 Å². The smallest absolute Gasteiger partial charge is 0.265 e. The summed E-state index contributed by atoms with van der Waals surface area (Å²) >= 11 is 1.86. The molecule has 0 aliphatic rings. The minimum Gasteiger partial charge on any atom is -0.494 e. The molecule has 1 rings (SSSR count). The van der Waals surface area contributed by atoms with Crippen molar-refractivity contribution in [3.8, 4) is 5.75 Å². The number of rotatable bonds is 3. The zero-order valence-electron chi connectivity index (χ0n) is 7.30. The van der Waals surface area contributed by atoms with E-state index >= 15 is 0 Å². The number of aliphatic hydroxyl groups excluding tert-OH is 1. The molecule has 14 heavy (non-hydrogen) atoms. The van der Waals surface area contributed by atoms with Gasteiger partial charge in [-0.2, -0.15) is 0 Å². The fourth-order valence-electron chi connectivity index (χ4n) is 1.08. The second-order valence-electron chi connectivity index (χ2n) is 2.47. The molecule has 0 amide bonds. The Balaban J connectivity index is 3.33. The monoisotopic (exact) mass is 315 g/mol. The largest absolute Gasteiger partial charge is 0.494 e. The van der Waals surface area contributed by atoms with Gasteiger partial charge in [-0.3, -0.25) is 0 Å². The van der Waals surface area contributed by atoms with Crippen molar-refractivity contribution < 1.29 is 18.6 Å². The van der Waals surface area contributed by atoms with Gasteiger partial charge in [0.05, 0.1) is 13.7 Å². The van der Waals surface area contributed by atoms with Crippen LogP contribution in [0.5, 0.6) is 5.75 Å². The number of pyridine rings is 1. The van der Waals surface area contributed by atoms with Crippen LogP contribution in [0.25, 0.3) is 0 Å². The number of methoxy groups -OCH3 is 1. The maximum absolute atomic E-state index is 12.5. The van der Waals surface area contributed by atoms with Crippen LogP contribution in [0, 0.1) is 3.70 Å². The van der Waals surface area contributed by atoms with Gasteiger partial charge in [0.1, 0.15) is 3.70 Å². The van der Waals surface area contributed by atoms with Gasteiger partial charge in [-0.1, -0.05) is 0 Å². The molecular formula is C8H8F2INO2. The van der Waals surface area contributed by atoms with Gasteiger partial charge in [0.25, 0.3) is 6.43 Å². The van der Waals surface area contributed by atoms with Gasteiger partial charge in [-0.25, -0.2) is 13.8 Å². The Morgan fingerprint density at radius 1 is 1.64 bits per heavy atom. The van der Waals surface area contributed by atoms with Crippen molar-refractivity contribution in [1.29, 1.82) is 0 Å². The first-order valence-electron chi connectivity index (χ1n) is 3.72. The van der Waals surface area contributed by atoms with E-state index in [1.165, 1.54) is 7.11 Å². The Morgan fingerprint density at radius 2 is 2.29 bits per heavy atom. The third-order valence-electron chi connectivity index (χ3n) is 1.72. The number of hydrogen-bond acceptors (Lipinski definition) is 3. The van der Waals surface area contributed by atoms with Gasteiger partial charge in [0, 0.05) is 17.3 Å². The molecule has 6 heteroatoms. The maximum Gasteiger partial charge on any atom is 0.265 e. The fourth-order valence-corrected chi connectivity index (χ4v) is 1.76. The predicted octanol–water partition coefficient (Wildman–Crippen LogP) is 2.12. The van der Waals surface area contributed by atoms with Crippen LogP contribution in [0.4, 0.5) is 8.78 Å². The summed E-state index contributed by atoms with van der Waals surface area (Å²) in [5.41, 5.74) is -0.188. The van der Waals surface area contributed by atoms with Crippen LogP contribution in [-0.4, -0.2) is 17.2 Å². The van der Waals surface area contributed by atoms with Gasteiger partial charge >= 0.3 is 0 Å². The van der Waals surface area contributed by atoms with Gasteiger partial charge < -0.3 is 9.84 Å². The van der Waals surface area contributed by atoms with Crippen molar-refractivity contribution in [3.05, 3.63) is 21.0 Å². The number of nitrogens with zero attached hydrogens (tertiary/aromatic N) is 1. The molecule has 0 fully saturated rings. The molecule has 78 valence electrons. The van der Waals surface area contributed by atoms with Crippen molar-refractivity contribution in [3.63, 3.8) is 0 Å². The summed E-state index contributed by atoms with van der Waals surface area (Å²) in [4.78, 5) is 3.75. The molecule has 1 heterocycles. The Kier molecular flexibility index (Phi) is 3.99. The molecule has 0 bridgehead atoms. The SMILES string of the molecule is COc1c(I)ncc(C(F)F)c1CO. The summed E-state index contributed by atoms with van der Waals surface area (Å²) in [5.74, 6) is 0.214. The highest BCUT2D eigenvalue weighted by atomic mass is 127. The van der Waals surface area contributed by atoms with Crippen LogP contribution in [0.3, 0.4) is 0 Å². The van der Waals surface area contributed by atoms with Crippen LogP contribution in [-0.2, 0) is 6.61 Å². The quantitative estimate of drug-likeness (QED) is 0.686. The number of ether oxygens (including phenoxy) is 1. The fraction of sp³-hybridized carbons (Fsp3) is 0.375. The molecule has 0 aromatic carbocycles. The lowest BCUT2D eigenvalue weighted by molar-refractivity contribution is 0.145. The number of aromatic nitrogens is 1. The van der Waals surface area contributed by atoms with Gasteiger partial charge in [-0.15, -0.1) is 0 Å². The molecule has 1 aromatic rings. The van der Waals surface area contributed by atoms with Crippen LogP contribution < -0.4 is 4.74 Å². The Bertz CT molecular complexity index is 333. The zero-order chi connectivity index (χ0) is 10.7. The van der Waals surface area contributed by atoms with Crippen LogP contribution in [0.1, 0.15) is 17.6 Å². The lowest BCUT2D eigenvalue weighted by Crippen LogP contribution is -2.03. The van der Waals surface area contributed by atoms with Crippen molar-refractivity contribution in [2.75, 3.05) is 7.11 Å². The lowest BCUT2D eigenvalue weighted by Gasteiger charge is -2.11. The molecule has 0 saturated carbocycles. The number of aliphatic hydroxyl groups is 1. The van der Waals surface area contributed by atoms with E-state index in [9.17, 15) is 8.78 Å². The Labute approximate surface area is 93.2 Å². The maximum atomic E-state index is 12.5. The molecule has 0 aliphatic heterocycles. The first kappa shape index (κ1) is 11.6. The Morgan fingerprint density at radius 3 is 2.71 bits per heavy atom. The molecule has 0 radical (unpaired) electrons. The normalized spacial score (nSPS) is 10.7. The molecule has 0 atom stereocenters. The van der Waals surface area contributed by atoms with Crippen LogP contribution in [0.15, 0.2) is 6.20 Å². The lowest BCUT2D eigenvalue weighted by atomic mass is 10.1. The first-order chi connectivity index (χ1) is 6.61. The van der Waals surface area contributed by atoms with Crippen molar-refractivity contribution in [2.45, 2.75) is 13.0 Å². The van der Waals surface area contributed by atoms with Gasteiger partial charge in [0.2, 0.25) is 0 Å². The minimum absolute atomic E-state index is 0.0990. The molecule has 0 unspecified atom stereocenters. The highest BCUT2D eigenvalue weighted by molar-refractivity contribution is 14.1. The standard InChI is InChI=1S/C8H8F2INO2/c1-14-6-5(3-13)4(7(9)10)2-12-8(6)11/h2,7,13H,3H2,1H3. The number of halogens is 3. The summed E-state index contributed by atoms with van der Waals surface area (Å²) in [6.07, 6.45) is -1.60. The number of hydrogen-bond donors (Lipinski definition) is 1. The average Bonchev–Trinajstić information content (AvgIpc) is 2.16. The molecule has 1 aromatic heterocycles. The summed E-state index contributed by atoms with van der Waals surface area (Å²) < 4.78 is 30.3. The van der Waals surface area contributed by atoms with Crippen molar-refractivity contribution >= 4 is 22.6 Å². The third-order valence-corrected chi connectivity index (χ3v) is 2.49. The summed E-state index contributed by atoms with van der Waals surface area (Å²) in [5, 5.41) is 8.96. The highest BCUT2D eigenvalue weighted by Crippen LogP contribution is 2.31. The van der Waals surface area contributed by atoms with E-state index < -0.39 is 13.0 Å². The molecular weight excluding hydrogens is 307 g/mol. The third kappa shape index (κ3) is 2.11. The van der Waals surface area contributed by atoms with Crippen LogP contribution in [0.2, 0.25) is 0 Å².